The first-order valence-electron chi connectivity index (χ1n) is 9.35. The Morgan fingerprint density at radius 1 is 1.00 bits per heavy atom. The summed E-state index contributed by atoms with van der Waals surface area (Å²) in [5.74, 6) is -0.125. The lowest BCUT2D eigenvalue weighted by Crippen LogP contribution is -2.40. The second-order valence-electron chi connectivity index (χ2n) is 6.89. The molecule has 7 nitrogen and oxygen atoms in total. The Morgan fingerprint density at radius 3 is 2.46 bits per heavy atom. The number of hydrogen-bond donors (Lipinski definition) is 1. The smallest absolute Gasteiger partial charge is 0.243 e. The van der Waals surface area contributed by atoms with E-state index in [1.807, 2.05) is 18.2 Å². The van der Waals surface area contributed by atoms with Gasteiger partial charge in [-0.05, 0) is 42.3 Å². The highest BCUT2D eigenvalue weighted by Gasteiger charge is 2.26. The molecule has 8 heteroatoms. The zero-order valence-corrected chi connectivity index (χ0v) is 16.3. The van der Waals surface area contributed by atoms with E-state index >= 15 is 0 Å². The third-order valence-electron chi connectivity index (χ3n) is 5.06. The van der Waals surface area contributed by atoms with Gasteiger partial charge in [0.2, 0.25) is 15.9 Å². The highest BCUT2D eigenvalue weighted by atomic mass is 32.2. The van der Waals surface area contributed by atoms with E-state index in [0.717, 1.165) is 18.7 Å². The molecule has 2 aromatic carbocycles. The minimum absolute atomic E-state index is 0.125. The van der Waals surface area contributed by atoms with Crippen molar-refractivity contribution in [2.75, 3.05) is 49.6 Å². The summed E-state index contributed by atoms with van der Waals surface area (Å²) in [7, 11) is -3.53. The largest absolute Gasteiger partial charge is 0.379 e. The van der Waals surface area contributed by atoms with Crippen LogP contribution in [0.1, 0.15) is 5.56 Å². The summed E-state index contributed by atoms with van der Waals surface area (Å²) in [5.41, 5.74) is 2.94. The molecule has 1 saturated heterocycles. The molecule has 1 amide bonds. The van der Waals surface area contributed by atoms with Gasteiger partial charge in [0.25, 0.3) is 0 Å². The highest BCUT2D eigenvalue weighted by Crippen LogP contribution is 2.27. The fourth-order valence-electron chi connectivity index (χ4n) is 3.59. The number of anilines is 2. The molecule has 0 radical (unpaired) electrons. The molecule has 0 spiro atoms. The van der Waals surface area contributed by atoms with Crippen LogP contribution in [0.25, 0.3) is 0 Å². The van der Waals surface area contributed by atoms with Crippen LogP contribution in [0, 0.1) is 0 Å². The van der Waals surface area contributed by atoms with Crippen molar-refractivity contribution in [2.45, 2.75) is 11.3 Å². The van der Waals surface area contributed by atoms with E-state index in [4.69, 9.17) is 4.74 Å². The number of benzene rings is 2. The molecule has 2 heterocycles. The van der Waals surface area contributed by atoms with Gasteiger partial charge in [0.1, 0.15) is 0 Å². The number of nitrogens with one attached hydrogen (secondary N) is 1. The van der Waals surface area contributed by atoms with E-state index < -0.39 is 10.0 Å². The van der Waals surface area contributed by atoms with Crippen LogP contribution in [-0.4, -0.2) is 58.0 Å². The number of fused-ring (bicyclic) bond motifs is 1. The van der Waals surface area contributed by atoms with Gasteiger partial charge in [0.05, 0.1) is 24.7 Å². The lowest BCUT2D eigenvalue weighted by Gasteiger charge is -2.26. The summed E-state index contributed by atoms with van der Waals surface area (Å²) < 4.78 is 31.9. The lowest BCUT2D eigenvalue weighted by atomic mass is 10.2. The number of hydrogen-bond acceptors (Lipinski definition) is 5. The molecule has 2 aliphatic heterocycles. The van der Waals surface area contributed by atoms with Crippen LogP contribution in [-0.2, 0) is 26.0 Å². The maximum absolute atomic E-state index is 12.6. The monoisotopic (exact) mass is 401 g/mol. The van der Waals surface area contributed by atoms with Crippen LogP contribution >= 0.6 is 0 Å². The van der Waals surface area contributed by atoms with Gasteiger partial charge >= 0.3 is 0 Å². The molecule has 1 fully saturated rings. The van der Waals surface area contributed by atoms with Crippen LogP contribution in [0.5, 0.6) is 0 Å². The molecular weight excluding hydrogens is 378 g/mol. The molecule has 2 aliphatic rings. The third kappa shape index (κ3) is 3.89. The van der Waals surface area contributed by atoms with Crippen molar-refractivity contribution in [2.24, 2.45) is 0 Å². The van der Waals surface area contributed by atoms with Crippen molar-refractivity contribution in [3.63, 3.8) is 0 Å². The highest BCUT2D eigenvalue weighted by molar-refractivity contribution is 7.89. The molecule has 4 rings (SSSR count). The maximum atomic E-state index is 12.6. The van der Waals surface area contributed by atoms with E-state index in [0.29, 0.717) is 32.0 Å². The first kappa shape index (κ1) is 18.9. The fourth-order valence-corrected chi connectivity index (χ4v) is 5.00. The van der Waals surface area contributed by atoms with Crippen LogP contribution in [0.3, 0.4) is 0 Å². The zero-order chi connectivity index (χ0) is 19.6. The molecule has 148 valence electrons. The van der Waals surface area contributed by atoms with Crippen molar-refractivity contribution in [3.05, 3.63) is 54.1 Å². The number of ether oxygens (including phenoxy) is 1. The van der Waals surface area contributed by atoms with Gasteiger partial charge in [-0.3, -0.25) is 4.79 Å². The number of carbonyl (C=O) groups is 1. The van der Waals surface area contributed by atoms with Crippen LogP contribution in [0.4, 0.5) is 11.4 Å². The van der Waals surface area contributed by atoms with Gasteiger partial charge in [0.15, 0.2) is 0 Å². The first-order valence-corrected chi connectivity index (χ1v) is 10.8. The van der Waals surface area contributed by atoms with Crippen molar-refractivity contribution < 1.29 is 17.9 Å². The predicted molar refractivity (Wildman–Crippen MR) is 107 cm³/mol. The number of nitrogens with zero attached hydrogens (tertiary/aromatic N) is 2. The van der Waals surface area contributed by atoms with Gasteiger partial charge in [0, 0.05) is 31.0 Å². The summed E-state index contributed by atoms with van der Waals surface area (Å²) in [6.07, 6.45) is 0.942. The van der Waals surface area contributed by atoms with Gasteiger partial charge in [-0.25, -0.2) is 8.42 Å². The summed E-state index contributed by atoms with van der Waals surface area (Å²) >= 11 is 0. The van der Waals surface area contributed by atoms with Gasteiger partial charge in [-0.2, -0.15) is 4.31 Å². The van der Waals surface area contributed by atoms with Crippen LogP contribution in [0.2, 0.25) is 0 Å². The third-order valence-corrected chi connectivity index (χ3v) is 6.98. The number of sulfonamides is 1. The van der Waals surface area contributed by atoms with Crippen molar-refractivity contribution in [3.8, 4) is 0 Å². The molecule has 28 heavy (non-hydrogen) atoms. The molecule has 0 aromatic heterocycles. The van der Waals surface area contributed by atoms with Gasteiger partial charge < -0.3 is 15.0 Å². The van der Waals surface area contributed by atoms with Crippen molar-refractivity contribution in [1.29, 1.82) is 0 Å². The van der Waals surface area contributed by atoms with Gasteiger partial charge in [-0.15, -0.1) is 0 Å². The quantitative estimate of drug-likeness (QED) is 0.825. The molecule has 0 aliphatic carbocycles. The number of morpholine rings is 1. The standard InChI is InChI=1S/C20H23N3O4S/c24-20(15-22-10-9-16-3-1-2-4-19(16)22)21-17-5-7-18(8-6-17)28(25,26)23-11-13-27-14-12-23/h1-8H,9-15H2,(H,21,24). The molecule has 0 bridgehead atoms. The number of carbonyl (C=O) groups excluding carboxylic acids is 1. The van der Waals surface area contributed by atoms with E-state index in [1.54, 1.807) is 12.1 Å². The summed E-state index contributed by atoms with van der Waals surface area (Å²) in [6.45, 7) is 2.63. The Labute approximate surface area is 165 Å². The average Bonchev–Trinajstić information content (AvgIpc) is 3.12. The molecule has 0 atom stereocenters. The molecule has 2 aromatic rings. The number of rotatable bonds is 5. The van der Waals surface area contributed by atoms with E-state index in [9.17, 15) is 13.2 Å². The Kier molecular flexibility index (Phi) is 5.34. The summed E-state index contributed by atoms with van der Waals surface area (Å²) in [5, 5.41) is 2.85. The SMILES string of the molecule is O=C(CN1CCc2ccccc21)Nc1ccc(S(=O)(=O)N2CCOCC2)cc1. The summed E-state index contributed by atoms with van der Waals surface area (Å²) in [6, 6.07) is 14.4. The zero-order valence-electron chi connectivity index (χ0n) is 15.5. The van der Waals surface area contributed by atoms with E-state index in [-0.39, 0.29) is 17.3 Å². The number of para-hydroxylation sites is 1. The van der Waals surface area contributed by atoms with E-state index in [2.05, 4.69) is 16.3 Å². The Hall–Kier alpha value is -2.42. The second-order valence-corrected chi connectivity index (χ2v) is 8.83. The first-order chi connectivity index (χ1) is 13.5. The topological polar surface area (TPSA) is 79.0 Å². The lowest BCUT2D eigenvalue weighted by molar-refractivity contribution is -0.115. The maximum Gasteiger partial charge on any atom is 0.243 e. The van der Waals surface area contributed by atoms with Gasteiger partial charge in [-0.1, -0.05) is 18.2 Å². The normalized spacial score (nSPS) is 17.4. The summed E-state index contributed by atoms with van der Waals surface area (Å²) in [4.78, 5) is 14.7. The van der Waals surface area contributed by atoms with Crippen molar-refractivity contribution in [1.82, 2.24) is 4.31 Å². The fraction of sp³-hybridized carbons (Fsp3) is 0.350. The molecule has 1 N–H and O–H groups in total. The molecular formula is C20H23N3O4S. The minimum Gasteiger partial charge on any atom is -0.379 e. The molecule has 0 unspecified atom stereocenters. The average molecular weight is 401 g/mol. The second kappa shape index (κ2) is 7.90. The van der Waals surface area contributed by atoms with E-state index in [1.165, 1.54) is 22.0 Å². The Balaban J connectivity index is 1.39. The number of amides is 1. The van der Waals surface area contributed by atoms with Crippen LogP contribution < -0.4 is 10.2 Å². The Morgan fingerprint density at radius 2 is 1.71 bits per heavy atom. The minimum atomic E-state index is -3.53. The van der Waals surface area contributed by atoms with Crippen molar-refractivity contribution >= 4 is 27.3 Å². The molecule has 0 saturated carbocycles. The predicted octanol–water partition coefficient (Wildman–Crippen LogP) is 1.71. The van der Waals surface area contributed by atoms with Crippen LogP contribution in [0.15, 0.2) is 53.4 Å². The Bertz CT molecular complexity index is 954.